The molecule has 1 aliphatic heterocycles. The number of piperazine rings is 1. The van der Waals surface area contributed by atoms with Gasteiger partial charge in [-0.05, 0) is 36.0 Å². The lowest BCUT2D eigenvalue weighted by Crippen LogP contribution is -2.51. The van der Waals surface area contributed by atoms with Crippen LogP contribution in [0.1, 0.15) is 37.5 Å². The molecule has 0 radical (unpaired) electrons. The monoisotopic (exact) mass is 406 g/mol. The first-order valence-corrected chi connectivity index (χ1v) is 10.9. The fourth-order valence-electron chi connectivity index (χ4n) is 3.44. The van der Waals surface area contributed by atoms with Gasteiger partial charge in [0.2, 0.25) is 15.9 Å². The third kappa shape index (κ3) is 5.10. The van der Waals surface area contributed by atoms with Crippen LogP contribution in [0.2, 0.25) is 0 Å². The number of carbonyl (C=O) groups is 1. The van der Waals surface area contributed by atoms with Crippen molar-refractivity contribution in [3.63, 3.8) is 0 Å². The zero-order chi connectivity index (χ0) is 21.1. The van der Waals surface area contributed by atoms with Crippen LogP contribution in [-0.4, -0.2) is 62.8 Å². The van der Waals surface area contributed by atoms with Crippen molar-refractivity contribution in [3.05, 3.63) is 28.8 Å². The molecular formula is C20H30N4O3S. The number of rotatable bonds is 5. The SMILES string of the molecule is Cc1cc(C(C)(C)C)cc(C)c1S(=O)(=O)N1CCN(CC(=O)NCC#N)CC1. The molecular weight excluding hydrogens is 376 g/mol. The van der Waals surface area contributed by atoms with Gasteiger partial charge < -0.3 is 5.32 Å². The van der Waals surface area contributed by atoms with Crippen LogP contribution >= 0.6 is 0 Å². The molecule has 1 aromatic rings. The maximum atomic E-state index is 13.3. The number of nitrogens with one attached hydrogen (secondary N) is 1. The van der Waals surface area contributed by atoms with E-state index < -0.39 is 10.0 Å². The molecule has 0 aliphatic carbocycles. The van der Waals surface area contributed by atoms with Gasteiger partial charge in [-0.2, -0.15) is 9.57 Å². The average Bonchev–Trinajstić information content (AvgIpc) is 2.58. The van der Waals surface area contributed by atoms with E-state index in [1.165, 1.54) is 4.31 Å². The second-order valence-corrected chi connectivity index (χ2v) is 10.2. The third-order valence-corrected chi connectivity index (χ3v) is 7.19. The van der Waals surface area contributed by atoms with Gasteiger partial charge >= 0.3 is 0 Å². The van der Waals surface area contributed by atoms with Crippen molar-refractivity contribution in [1.82, 2.24) is 14.5 Å². The summed E-state index contributed by atoms with van der Waals surface area (Å²) in [7, 11) is -3.59. The van der Waals surface area contributed by atoms with Crippen LogP contribution in [-0.2, 0) is 20.2 Å². The van der Waals surface area contributed by atoms with Gasteiger partial charge in [-0.25, -0.2) is 8.42 Å². The number of amides is 1. The van der Waals surface area contributed by atoms with E-state index in [4.69, 9.17) is 5.26 Å². The van der Waals surface area contributed by atoms with E-state index in [0.717, 1.165) is 16.7 Å². The van der Waals surface area contributed by atoms with E-state index in [1.54, 1.807) is 0 Å². The summed E-state index contributed by atoms with van der Waals surface area (Å²) in [6.45, 7) is 11.8. The van der Waals surface area contributed by atoms with E-state index in [9.17, 15) is 13.2 Å². The van der Waals surface area contributed by atoms with Crippen molar-refractivity contribution in [2.75, 3.05) is 39.3 Å². The zero-order valence-electron chi connectivity index (χ0n) is 17.4. The van der Waals surface area contributed by atoms with E-state index >= 15 is 0 Å². The molecule has 0 saturated carbocycles. The van der Waals surface area contributed by atoms with Gasteiger partial charge in [-0.3, -0.25) is 9.69 Å². The molecule has 1 heterocycles. The van der Waals surface area contributed by atoms with Crippen molar-refractivity contribution < 1.29 is 13.2 Å². The summed E-state index contributed by atoms with van der Waals surface area (Å²) < 4.78 is 28.0. The van der Waals surface area contributed by atoms with Crippen LogP contribution in [0.4, 0.5) is 0 Å². The normalized spacial score (nSPS) is 16.6. The Hall–Kier alpha value is -1.95. The van der Waals surface area contributed by atoms with Crippen molar-refractivity contribution in [2.24, 2.45) is 0 Å². The van der Waals surface area contributed by atoms with Crippen LogP contribution in [0.15, 0.2) is 17.0 Å². The minimum absolute atomic E-state index is 0.0176. The summed E-state index contributed by atoms with van der Waals surface area (Å²) in [6.07, 6.45) is 0. The van der Waals surface area contributed by atoms with Gasteiger partial charge in [0.1, 0.15) is 6.54 Å². The van der Waals surface area contributed by atoms with E-state index in [-0.39, 0.29) is 24.4 Å². The Morgan fingerprint density at radius 3 is 2.14 bits per heavy atom. The molecule has 0 unspecified atom stereocenters. The quantitative estimate of drug-likeness (QED) is 0.749. The number of hydrogen-bond donors (Lipinski definition) is 1. The molecule has 0 spiro atoms. The zero-order valence-corrected chi connectivity index (χ0v) is 18.2. The van der Waals surface area contributed by atoms with Crippen molar-refractivity contribution in [3.8, 4) is 6.07 Å². The highest BCUT2D eigenvalue weighted by atomic mass is 32.2. The maximum Gasteiger partial charge on any atom is 0.243 e. The lowest BCUT2D eigenvalue weighted by atomic mass is 9.85. The van der Waals surface area contributed by atoms with E-state index in [1.807, 2.05) is 36.9 Å². The minimum Gasteiger partial charge on any atom is -0.342 e. The summed E-state index contributed by atoms with van der Waals surface area (Å²) in [4.78, 5) is 14.0. The van der Waals surface area contributed by atoms with Gasteiger partial charge in [0.05, 0.1) is 17.5 Å². The fourth-order valence-corrected chi connectivity index (χ4v) is 5.28. The number of hydrogen-bond acceptors (Lipinski definition) is 5. The number of carbonyl (C=O) groups excluding carboxylic acids is 1. The number of nitriles is 1. The lowest BCUT2D eigenvalue weighted by molar-refractivity contribution is -0.122. The van der Waals surface area contributed by atoms with Gasteiger partial charge in [0.25, 0.3) is 0 Å². The summed E-state index contributed by atoms with van der Waals surface area (Å²) in [5.41, 5.74) is 2.61. The molecule has 8 heteroatoms. The molecule has 0 bridgehead atoms. The first-order chi connectivity index (χ1) is 13.0. The van der Waals surface area contributed by atoms with E-state index in [0.29, 0.717) is 31.1 Å². The predicted octanol–water partition coefficient (Wildman–Crippen LogP) is 1.55. The van der Waals surface area contributed by atoms with Gasteiger partial charge in [0.15, 0.2) is 0 Å². The number of nitrogens with zero attached hydrogens (tertiary/aromatic N) is 3. The first-order valence-electron chi connectivity index (χ1n) is 9.44. The van der Waals surface area contributed by atoms with Gasteiger partial charge in [0, 0.05) is 26.2 Å². The van der Waals surface area contributed by atoms with Crippen molar-refractivity contribution >= 4 is 15.9 Å². The van der Waals surface area contributed by atoms with Crippen LogP contribution in [0.5, 0.6) is 0 Å². The fraction of sp³-hybridized carbons (Fsp3) is 0.600. The third-order valence-electron chi connectivity index (χ3n) is 4.99. The maximum absolute atomic E-state index is 13.3. The van der Waals surface area contributed by atoms with Crippen LogP contribution in [0, 0.1) is 25.2 Å². The molecule has 1 aromatic carbocycles. The molecule has 154 valence electrons. The molecule has 1 amide bonds. The molecule has 2 rings (SSSR count). The summed E-state index contributed by atoms with van der Waals surface area (Å²) in [5, 5.41) is 11.0. The Kier molecular flexibility index (Phi) is 6.86. The lowest BCUT2D eigenvalue weighted by Gasteiger charge is -2.34. The average molecular weight is 407 g/mol. The first kappa shape index (κ1) is 22.3. The number of sulfonamides is 1. The highest BCUT2D eigenvalue weighted by Crippen LogP contribution is 2.31. The second kappa shape index (κ2) is 8.60. The highest BCUT2D eigenvalue weighted by molar-refractivity contribution is 7.89. The summed E-state index contributed by atoms with van der Waals surface area (Å²) >= 11 is 0. The molecule has 0 aromatic heterocycles. The predicted molar refractivity (Wildman–Crippen MR) is 108 cm³/mol. The largest absolute Gasteiger partial charge is 0.342 e. The van der Waals surface area contributed by atoms with Gasteiger partial charge in [-0.15, -0.1) is 0 Å². The van der Waals surface area contributed by atoms with Crippen molar-refractivity contribution in [1.29, 1.82) is 5.26 Å². The van der Waals surface area contributed by atoms with Crippen LogP contribution in [0.25, 0.3) is 0 Å². The molecule has 0 atom stereocenters. The Morgan fingerprint density at radius 1 is 1.14 bits per heavy atom. The molecule has 1 saturated heterocycles. The topological polar surface area (TPSA) is 93.5 Å². The summed E-state index contributed by atoms with van der Waals surface area (Å²) in [5.74, 6) is -0.220. The number of benzene rings is 1. The molecule has 7 nitrogen and oxygen atoms in total. The minimum atomic E-state index is -3.59. The molecule has 1 fully saturated rings. The number of aryl methyl sites for hydroxylation is 2. The van der Waals surface area contributed by atoms with Crippen LogP contribution < -0.4 is 5.32 Å². The summed E-state index contributed by atoms with van der Waals surface area (Å²) in [6, 6.07) is 5.80. The van der Waals surface area contributed by atoms with E-state index in [2.05, 4.69) is 26.1 Å². The molecule has 1 N–H and O–H groups in total. The molecule has 1 aliphatic rings. The van der Waals surface area contributed by atoms with Crippen molar-refractivity contribution in [2.45, 2.75) is 44.9 Å². The Balaban J connectivity index is 2.13. The second-order valence-electron chi connectivity index (χ2n) is 8.30. The molecule has 28 heavy (non-hydrogen) atoms. The van der Waals surface area contributed by atoms with Gasteiger partial charge in [-0.1, -0.05) is 32.9 Å². The Morgan fingerprint density at radius 2 is 1.68 bits per heavy atom. The Labute approximate surface area is 168 Å². The smallest absolute Gasteiger partial charge is 0.243 e. The van der Waals surface area contributed by atoms with Crippen LogP contribution in [0.3, 0.4) is 0 Å². The Bertz CT molecular complexity index is 851. The standard InChI is InChI=1S/C20H30N4O3S/c1-15-12-17(20(3,4)5)13-16(2)19(15)28(26,27)24-10-8-23(9-11-24)14-18(25)22-7-6-21/h12-13H,7-11,14H2,1-5H3,(H,22,25). The highest BCUT2D eigenvalue weighted by Gasteiger charge is 2.32.